The average molecular weight is 373 g/mol. The normalized spacial score (nSPS) is 18.8. The number of halogens is 2. The Bertz CT molecular complexity index is 842. The summed E-state index contributed by atoms with van der Waals surface area (Å²) in [4.78, 5) is 7.76. The predicted octanol–water partition coefficient (Wildman–Crippen LogP) is 1.68. The molecule has 136 valence electrons. The molecular weight excluding hydrogens is 356 g/mol. The Morgan fingerprint density at radius 1 is 1.48 bits per heavy atom. The van der Waals surface area contributed by atoms with Crippen LogP contribution in [0.3, 0.4) is 0 Å². The fourth-order valence-corrected chi connectivity index (χ4v) is 4.48. The lowest BCUT2D eigenvalue weighted by atomic mass is 10.2. The van der Waals surface area contributed by atoms with Gasteiger partial charge < -0.3 is 4.74 Å². The fraction of sp³-hybridized carbons (Fsp3) is 0.500. The lowest BCUT2D eigenvalue weighted by Gasteiger charge is -2.22. The molecule has 1 aliphatic rings. The van der Waals surface area contributed by atoms with Crippen molar-refractivity contribution in [1.29, 1.82) is 0 Å². The van der Waals surface area contributed by atoms with E-state index in [9.17, 15) is 17.2 Å². The minimum Gasteiger partial charge on any atom is -0.471 e. The van der Waals surface area contributed by atoms with Crippen molar-refractivity contribution in [3.63, 3.8) is 0 Å². The number of rotatable bonds is 6. The first-order valence-electron chi connectivity index (χ1n) is 7.66. The Labute approximate surface area is 143 Å². The van der Waals surface area contributed by atoms with Crippen LogP contribution < -0.4 is 4.74 Å². The van der Waals surface area contributed by atoms with Crippen molar-refractivity contribution < 1.29 is 21.9 Å². The molecule has 0 spiro atoms. The molecule has 25 heavy (non-hydrogen) atoms. The second kappa shape index (κ2) is 7.00. The number of ether oxygens (including phenoxy) is 1. The van der Waals surface area contributed by atoms with Crippen LogP contribution >= 0.6 is 0 Å². The van der Waals surface area contributed by atoms with Gasteiger partial charge in [-0.1, -0.05) is 0 Å². The fourth-order valence-electron chi connectivity index (χ4n) is 2.74. The average Bonchev–Trinajstić information content (AvgIpc) is 3.22. The molecule has 0 unspecified atom stereocenters. The summed E-state index contributed by atoms with van der Waals surface area (Å²) in [6.45, 7) is 1.08. The van der Waals surface area contributed by atoms with Gasteiger partial charge in [0.15, 0.2) is 12.4 Å². The van der Waals surface area contributed by atoms with Crippen LogP contribution in [-0.4, -0.2) is 52.5 Å². The maximum Gasteiger partial charge on any atom is 0.272 e. The molecule has 0 amide bonds. The summed E-state index contributed by atoms with van der Waals surface area (Å²) in [5.74, 6) is 0.638. The molecule has 0 saturated carbocycles. The molecule has 0 radical (unpaired) electrons. The molecule has 0 aliphatic carbocycles. The maximum atomic E-state index is 13.0. The molecule has 0 aromatic carbocycles. The van der Waals surface area contributed by atoms with Gasteiger partial charge in [-0.2, -0.15) is 9.40 Å². The quantitative estimate of drug-likeness (QED) is 0.827. The van der Waals surface area contributed by atoms with Crippen LogP contribution in [-0.2, 0) is 10.0 Å². The zero-order chi connectivity index (χ0) is 18.0. The zero-order valence-corrected chi connectivity index (χ0v) is 14.2. The molecule has 0 bridgehead atoms. The number of hydrogen-bond donors (Lipinski definition) is 1. The third-order valence-electron chi connectivity index (χ3n) is 3.79. The van der Waals surface area contributed by atoms with E-state index in [1.54, 1.807) is 6.92 Å². The summed E-state index contributed by atoms with van der Waals surface area (Å²) in [7, 11) is -4.00. The van der Waals surface area contributed by atoms with Crippen LogP contribution in [0, 0.1) is 6.92 Å². The van der Waals surface area contributed by atoms with Gasteiger partial charge in [0.1, 0.15) is 10.7 Å². The molecule has 2 aromatic heterocycles. The van der Waals surface area contributed by atoms with Gasteiger partial charge in [0.05, 0.1) is 6.04 Å². The third-order valence-corrected chi connectivity index (χ3v) is 5.71. The number of pyridine rings is 1. The summed E-state index contributed by atoms with van der Waals surface area (Å²) in [5, 5.41) is 6.75. The Morgan fingerprint density at radius 3 is 2.96 bits per heavy atom. The number of aromatic amines is 1. The lowest BCUT2D eigenvalue weighted by molar-refractivity contribution is 0.0778. The Balaban J connectivity index is 1.93. The number of nitrogens with one attached hydrogen (secondary N) is 1. The van der Waals surface area contributed by atoms with Crippen molar-refractivity contribution in [2.45, 2.75) is 37.1 Å². The topological polar surface area (TPSA) is 101 Å². The first-order valence-corrected chi connectivity index (χ1v) is 9.10. The highest BCUT2D eigenvalue weighted by atomic mass is 32.2. The molecule has 3 rings (SSSR count). The van der Waals surface area contributed by atoms with Gasteiger partial charge in [0.25, 0.3) is 6.43 Å². The molecule has 3 heterocycles. The van der Waals surface area contributed by atoms with Crippen LogP contribution in [0.5, 0.6) is 5.88 Å². The van der Waals surface area contributed by atoms with Crippen molar-refractivity contribution in [1.82, 2.24) is 24.5 Å². The molecule has 1 N–H and O–H groups in total. The second-order valence-electron chi connectivity index (χ2n) is 5.56. The number of nitrogens with zero attached hydrogens (tertiary/aromatic N) is 4. The zero-order valence-electron chi connectivity index (χ0n) is 13.4. The largest absolute Gasteiger partial charge is 0.471 e. The molecule has 1 atom stereocenters. The minimum absolute atomic E-state index is 0.241. The number of alkyl halides is 2. The van der Waals surface area contributed by atoms with E-state index in [0.717, 1.165) is 0 Å². The number of aromatic nitrogens is 4. The van der Waals surface area contributed by atoms with Crippen molar-refractivity contribution in [2.75, 3.05) is 13.2 Å². The Kier molecular flexibility index (Phi) is 4.95. The lowest BCUT2D eigenvalue weighted by Crippen LogP contribution is -2.31. The number of H-pyrrole nitrogens is 1. The molecule has 2 aromatic rings. The summed E-state index contributed by atoms with van der Waals surface area (Å²) >= 11 is 0. The molecule has 11 heteroatoms. The van der Waals surface area contributed by atoms with Crippen molar-refractivity contribution in [2.24, 2.45) is 0 Å². The van der Waals surface area contributed by atoms with Gasteiger partial charge in [0.2, 0.25) is 15.9 Å². The summed E-state index contributed by atoms with van der Waals surface area (Å²) in [6.07, 6.45) is -0.220. The highest BCUT2D eigenvalue weighted by molar-refractivity contribution is 7.89. The third kappa shape index (κ3) is 3.61. The maximum absolute atomic E-state index is 13.0. The van der Waals surface area contributed by atoms with Gasteiger partial charge in [-0.05, 0) is 31.9 Å². The minimum atomic E-state index is -4.00. The summed E-state index contributed by atoms with van der Waals surface area (Å²) in [6, 6.07) is 2.20. The predicted molar refractivity (Wildman–Crippen MR) is 82.7 cm³/mol. The number of aryl methyl sites for hydroxylation is 1. The van der Waals surface area contributed by atoms with Gasteiger partial charge in [-0.25, -0.2) is 27.2 Å². The van der Waals surface area contributed by atoms with E-state index in [0.29, 0.717) is 24.5 Å². The van der Waals surface area contributed by atoms with Crippen LogP contribution in [0.2, 0.25) is 0 Å². The molecule has 1 saturated heterocycles. The smallest absolute Gasteiger partial charge is 0.272 e. The van der Waals surface area contributed by atoms with E-state index in [1.807, 2.05) is 0 Å². The van der Waals surface area contributed by atoms with Crippen molar-refractivity contribution in [3.8, 4) is 5.88 Å². The van der Waals surface area contributed by atoms with Crippen LogP contribution in [0.25, 0.3) is 0 Å². The van der Waals surface area contributed by atoms with E-state index < -0.39 is 29.1 Å². The molecule has 8 nitrogen and oxygen atoms in total. The Hall–Kier alpha value is -2.14. The van der Waals surface area contributed by atoms with Crippen LogP contribution in [0.4, 0.5) is 8.78 Å². The van der Waals surface area contributed by atoms with Crippen molar-refractivity contribution in [3.05, 3.63) is 30.0 Å². The van der Waals surface area contributed by atoms with Gasteiger partial charge >= 0.3 is 0 Å². The monoisotopic (exact) mass is 373 g/mol. The summed E-state index contributed by atoms with van der Waals surface area (Å²) < 4.78 is 57.0. The van der Waals surface area contributed by atoms with Crippen LogP contribution in [0.1, 0.15) is 30.5 Å². The second-order valence-corrected chi connectivity index (χ2v) is 7.42. The van der Waals surface area contributed by atoms with E-state index in [1.165, 1.54) is 22.6 Å². The summed E-state index contributed by atoms with van der Waals surface area (Å²) in [5.41, 5.74) is 0. The van der Waals surface area contributed by atoms with Gasteiger partial charge in [-0.15, -0.1) is 0 Å². The highest BCUT2D eigenvalue weighted by Crippen LogP contribution is 2.36. The number of sulfonamides is 1. The number of hydrogen-bond acceptors (Lipinski definition) is 6. The SMILES string of the molecule is Cc1nc([C@@H]2CCCN2S(=O)(=O)c2cccnc2OCC(F)F)n[nH]1. The van der Waals surface area contributed by atoms with E-state index in [2.05, 4.69) is 20.2 Å². The Morgan fingerprint density at radius 2 is 2.28 bits per heavy atom. The molecule has 1 fully saturated rings. The van der Waals surface area contributed by atoms with E-state index in [-0.39, 0.29) is 17.3 Å². The van der Waals surface area contributed by atoms with E-state index in [4.69, 9.17) is 4.74 Å². The van der Waals surface area contributed by atoms with Gasteiger partial charge in [0, 0.05) is 12.7 Å². The van der Waals surface area contributed by atoms with Gasteiger partial charge in [-0.3, -0.25) is 5.10 Å². The first kappa shape index (κ1) is 17.7. The van der Waals surface area contributed by atoms with Crippen molar-refractivity contribution >= 4 is 10.0 Å². The highest BCUT2D eigenvalue weighted by Gasteiger charge is 2.40. The van der Waals surface area contributed by atoms with Crippen LogP contribution in [0.15, 0.2) is 23.2 Å². The molecular formula is C14H17F2N5O3S. The first-order chi connectivity index (χ1) is 11.9. The van der Waals surface area contributed by atoms with E-state index >= 15 is 0 Å². The molecule has 1 aliphatic heterocycles. The standard InChI is InChI=1S/C14H17F2N5O3S/c1-9-18-13(20-19-9)10-4-3-7-21(10)25(22,23)11-5-2-6-17-14(11)24-8-12(15)16/h2,5-6,10,12H,3-4,7-8H2,1H3,(H,18,19,20)/t10-/m0/s1.